The van der Waals surface area contributed by atoms with Crippen LogP contribution in [0.3, 0.4) is 0 Å². The molecule has 1 rings (SSSR count). The molecule has 0 bridgehead atoms. The highest BCUT2D eigenvalue weighted by Crippen LogP contribution is 2.28. The minimum absolute atomic E-state index is 0. The van der Waals surface area contributed by atoms with Crippen LogP contribution >= 0.6 is 24.0 Å². The van der Waals surface area contributed by atoms with Crippen molar-refractivity contribution < 1.29 is 21.6 Å². The van der Waals surface area contributed by atoms with Gasteiger partial charge in [-0.05, 0) is 31.0 Å². The van der Waals surface area contributed by atoms with Crippen LogP contribution in [-0.4, -0.2) is 39.5 Å². The molecule has 1 aromatic rings. The molecule has 25 heavy (non-hydrogen) atoms. The van der Waals surface area contributed by atoms with Crippen molar-refractivity contribution in [3.63, 3.8) is 0 Å². The Labute approximate surface area is 163 Å². The summed E-state index contributed by atoms with van der Waals surface area (Å²) >= 11 is 0. The van der Waals surface area contributed by atoms with E-state index in [9.17, 15) is 21.6 Å². The zero-order valence-electron chi connectivity index (χ0n) is 14.2. The lowest BCUT2D eigenvalue weighted by Crippen LogP contribution is -2.42. The van der Waals surface area contributed by atoms with Crippen LogP contribution in [0.25, 0.3) is 0 Å². The van der Waals surface area contributed by atoms with Gasteiger partial charge in [-0.1, -0.05) is 12.1 Å². The molecule has 0 aliphatic heterocycles. The van der Waals surface area contributed by atoms with E-state index >= 15 is 0 Å². The van der Waals surface area contributed by atoms with Crippen molar-refractivity contribution in [2.45, 2.75) is 32.1 Å². The third-order valence-electron chi connectivity index (χ3n) is 3.27. The summed E-state index contributed by atoms with van der Waals surface area (Å²) < 4.78 is 59.8. The van der Waals surface area contributed by atoms with Crippen LogP contribution in [0.2, 0.25) is 0 Å². The zero-order valence-corrected chi connectivity index (χ0v) is 17.4. The second-order valence-corrected chi connectivity index (χ2v) is 7.84. The molecular weight excluding hydrogens is 470 g/mol. The van der Waals surface area contributed by atoms with Crippen LogP contribution in [-0.2, 0) is 22.6 Å². The minimum atomic E-state index is -4.35. The van der Waals surface area contributed by atoms with E-state index in [4.69, 9.17) is 0 Å². The molecule has 1 atom stereocenters. The van der Waals surface area contributed by atoms with Crippen LogP contribution in [0.15, 0.2) is 29.3 Å². The highest BCUT2D eigenvalue weighted by molar-refractivity contribution is 14.0. The number of nitrogens with one attached hydrogen (secondary N) is 2. The molecule has 144 valence electrons. The quantitative estimate of drug-likeness (QED) is 0.364. The summed E-state index contributed by atoms with van der Waals surface area (Å²) in [7, 11) is -1.46. The van der Waals surface area contributed by atoms with E-state index in [1.807, 2.05) is 6.92 Å². The lowest BCUT2D eigenvalue weighted by molar-refractivity contribution is -0.137. The van der Waals surface area contributed by atoms with Crippen LogP contribution in [0.1, 0.15) is 24.5 Å². The Hall–Kier alpha value is -1.04. The van der Waals surface area contributed by atoms with Crippen LogP contribution in [0.4, 0.5) is 13.2 Å². The third kappa shape index (κ3) is 9.88. The van der Waals surface area contributed by atoms with Gasteiger partial charge >= 0.3 is 6.18 Å². The Bertz CT molecular complexity index is 662. The fraction of sp³-hybridized carbons (Fsp3) is 0.533. The number of rotatable bonds is 6. The topological polar surface area (TPSA) is 70.6 Å². The summed E-state index contributed by atoms with van der Waals surface area (Å²) in [6, 6.07) is 4.74. The SMILES string of the molecule is CN=C(NCc1ccc(C(F)(F)F)cc1)NC(C)CCS(C)(=O)=O.I. The second-order valence-electron chi connectivity index (χ2n) is 5.58. The van der Waals surface area contributed by atoms with Crippen molar-refractivity contribution >= 4 is 39.8 Å². The molecule has 0 spiro atoms. The standard InChI is InChI=1S/C15H22F3N3O2S.HI/c1-11(8-9-24(3,22)23)21-14(19-2)20-10-12-4-6-13(7-5-12)15(16,17)18;/h4-7,11H,8-10H2,1-3H3,(H2,19,20,21);1H. The predicted octanol–water partition coefficient (Wildman–Crippen LogP) is 2.81. The Balaban J connectivity index is 0.00000576. The van der Waals surface area contributed by atoms with Gasteiger partial charge < -0.3 is 10.6 Å². The van der Waals surface area contributed by atoms with Gasteiger partial charge in [-0.15, -0.1) is 24.0 Å². The summed E-state index contributed by atoms with van der Waals surface area (Å²) in [6.45, 7) is 2.13. The van der Waals surface area contributed by atoms with Crippen LogP contribution in [0, 0.1) is 0 Å². The van der Waals surface area contributed by atoms with Crippen LogP contribution < -0.4 is 10.6 Å². The second kappa shape index (κ2) is 10.2. The van der Waals surface area contributed by atoms with Crippen molar-refractivity contribution in [1.29, 1.82) is 0 Å². The summed E-state index contributed by atoms with van der Waals surface area (Å²) in [5.74, 6) is 0.521. The van der Waals surface area contributed by atoms with Gasteiger partial charge in [0.25, 0.3) is 0 Å². The first-order chi connectivity index (χ1) is 11.0. The molecule has 0 saturated carbocycles. The molecule has 0 aliphatic carbocycles. The van der Waals surface area contributed by atoms with Gasteiger partial charge in [-0.3, -0.25) is 4.99 Å². The summed E-state index contributed by atoms with van der Waals surface area (Å²) in [4.78, 5) is 4.01. The summed E-state index contributed by atoms with van der Waals surface area (Å²) in [5, 5.41) is 6.02. The number of hydrogen-bond donors (Lipinski definition) is 2. The maximum atomic E-state index is 12.5. The molecule has 5 nitrogen and oxygen atoms in total. The predicted molar refractivity (Wildman–Crippen MR) is 104 cm³/mol. The van der Waals surface area contributed by atoms with Gasteiger partial charge in [0.15, 0.2) is 5.96 Å². The highest BCUT2D eigenvalue weighted by Gasteiger charge is 2.29. The van der Waals surface area contributed by atoms with Gasteiger partial charge in [0.05, 0.1) is 11.3 Å². The van der Waals surface area contributed by atoms with Crippen molar-refractivity contribution in [2.24, 2.45) is 4.99 Å². The first-order valence-electron chi connectivity index (χ1n) is 7.32. The Kier molecular flexibility index (Phi) is 9.77. The number of alkyl halides is 3. The summed E-state index contributed by atoms with van der Waals surface area (Å²) in [6.07, 6.45) is -2.74. The van der Waals surface area contributed by atoms with Crippen molar-refractivity contribution in [2.75, 3.05) is 19.1 Å². The maximum Gasteiger partial charge on any atom is 0.416 e. The maximum absolute atomic E-state index is 12.5. The number of nitrogens with zero attached hydrogens (tertiary/aromatic N) is 1. The van der Waals surface area contributed by atoms with Crippen molar-refractivity contribution in [3.05, 3.63) is 35.4 Å². The number of hydrogen-bond acceptors (Lipinski definition) is 3. The lowest BCUT2D eigenvalue weighted by atomic mass is 10.1. The summed E-state index contributed by atoms with van der Waals surface area (Å²) in [5.41, 5.74) is -0.0158. The Morgan fingerprint density at radius 1 is 1.24 bits per heavy atom. The molecule has 0 aliphatic rings. The molecular formula is C15H23F3IN3O2S. The first-order valence-corrected chi connectivity index (χ1v) is 9.38. The van der Waals surface area contributed by atoms with Gasteiger partial charge in [0, 0.05) is 25.9 Å². The highest BCUT2D eigenvalue weighted by atomic mass is 127. The first kappa shape index (κ1) is 24.0. The zero-order chi connectivity index (χ0) is 18.4. The molecule has 1 unspecified atom stereocenters. The largest absolute Gasteiger partial charge is 0.416 e. The van der Waals surface area contributed by atoms with E-state index in [2.05, 4.69) is 15.6 Å². The Morgan fingerprint density at radius 3 is 2.24 bits per heavy atom. The molecule has 2 N–H and O–H groups in total. The average Bonchev–Trinajstić information content (AvgIpc) is 2.48. The molecule has 0 heterocycles. The molecule has 0 radical (unpaired) electrons. The fourth-order valence-corrected chi connectivity index (χ4v) is 2.67. The number of guanidine groups is 1. The normalized spacial score (nSPS) is 13.8. The number of aliphatic imine (C=N–C) groups is 1. The van der Waals surface area contributed by atoms with E-state index in [0.717, 1.165) is 12.1 Å². The van der Waals surface area contributed by atoms with Crippen LogP contribution in [0.5, 0.6) is 0 Å². The molecule has 1 aromatic carbocycles. The van der Waals surface area contributed by atoms with Crippen molar-refractivity contribution in [1.82, 2.24) is 10.6 Å². The molecule has 0 saturated heterocycles. The van der Waals surface area contributed by atoms with E-state index < -0.39 is 21.6 Å². The molecule has 0 fully saturated rings. The monoisotopic (exact) mass is 493 g/mol. The van der Waals surface area contributed by atoms with E-state index in [1.165, 1.54) is 18.4 Å². The average molecular weight is 493 g/mol. The third-order valence-corrected chi connectivity index (χ3v) is 4.25. The molecule has 0 amide bonds. The Morgan fingerprint density at radius 2 is 1.80 bits per heavy atom. The molecule has 0 aromatic heterocycles. The fourth-order valence-electron chi connectivity index (χ4n) is 1.89. The molecule has 10 heteroatoms. The van der Waals surface area contributed by atoms with Gasteiger partial charge in [0.1, 0.15) is 9.84 Å². The van der Waals surface area contributed by atoms with Crippen molar-refractivity contribution in [3.8, 4) is 0 Å². The van der Waals surface area contributed by atoms with E-state index in [1.54, 1.807) is 7.05 Å². The van der Waals surface area contributed by atoms with Gasteiger partial charge in [-0.25, -0.2) is 8.42 Å². The minimum Gasteiger partial charge on any atom is -0.354 e. The van der Waals surface area contributed by atoms with E-state index in [0.29, 0.717) is 24.5 Å². The van der Waals surface area contributed by atoms with E-state index in [-0.39, 0.29) is 35.8 Å². The smallest absolute Gasteiger partial charge is 0.354 e. The number of benzene rings is 1. The number of sulfone groups is 1. The lowest BCUT2D eigenvalue weighted by Gasteiger charge is -2.17. The number of halogens is 4. The van der Waals surface area contributed by atoms with Gasteiger partial charge in [0.2, 0.25) is 0 Å². The van der Waals surface area contributed by atoms with Gasteiger partial charge in [-0.2, -0.15) is 13.2 Å².